The normalized spacial score (nSPS) is 20.9. The lowest BCUT2D eigenvalue weighted by molar-refractivity contribution is 0.170. The summed E-state index contributed by atoms with van der Waals surface area (Å²) in [6.45, 7) is 0.139. The Morgan fingerprint density at radius 2 is 1.95 bits per heavy atom. The lowest BCUT2D eigenvalue weighted by Crippen LogP contribution is -2.42. The first kappa shape index (κ1) is 26.7. The van der Waals surface area contributed by atoms with E-state index >= 15 is 0 Å². The Balaban J connectivity index is 1.45. The molecule has 2 N–H and O–H groups in total. The number of hydrogen-bond donors (Lipinski definition) is 2. The Labute approximate surface area is 231 Å². The summed E-state index contributed by atoms with van der Waals surface area (Å²) in [7, 11) is -4.65. The molecular formula is C28H27BBrNO6S. The molecule has 2 atom stereocenters. The zero-order valence-corrected chi connectivity index (χ0v) is 22.9. The van der Waals surface area contributed by atoms with E-state index in [1.54, 1.807) is 18.3 Å². The third-order valence-corrected chi connectivity index (χ3v) is 9.35. The summed E-state index contributed by atoms with van der Waals surface area (Å²) in [5.41, 5.74) is 3.59. The van der Waals surface area contributed by atoms with Gasteiger partial charge in [0, 0.05) is 22.6 Å². The average Bonchev–Trinajstić information content (AvgIpc) is 3.17. The van der Waals surface area contributed by atoms with E-state index in [0.717, 1.165) is 15.7 Å². The number of halogens is 1. The number of aromatic hydroxyl groups is 1. The Kier molecular flexibility index (Phi) is 8.04. The van der Waals surface area contributed by atoms with Crippen LogP contribution in [0.3, 0.4) is 0 Å². The quantitative estimate of drug-likeness (QED) is 0.281. The summed E-state index contributed by atoms with van der Waals surface area (Å²) < 4.78 is 38.8. The summed E-state index contributed by atoms with van der Waals surface area (Å²) in [6.07, 6.45) is 3.88. The summed E-state index contributed by atoms with van der Waals surface area (Å²) in [5.74, 6) is 0.682. The van der Waals surface area contributed by atoms with Gasteiger partial charge in [0.1, 0.15) is 18.1 Å². The third kappa shape index (κ3) is 6.04. The summed E-state index contributed by atoms with van der Waals surface area (Å²) in [6, 6.07) is 20.1. The zero-order valence-electron chi connectivity index (χ0n) is 20.5. The van der Waals surface area contributed by atoms with Gasteiger partial charge in [0.05, 0.1) is 22.8 Å². The van der Waals surface area contributed by atoms with E-state index in [1.807, 2.05) is 60.7 Å². The number of aromatic nitrogens is 1. The van der Waals surface area contributed by atoms with Crippen molar-refractivity contribution >= 4 is 44.5 Å². The van der Waals surface area contributed by atoms with E-state index in [4.69, 9.17) is 9.39 Å². The monoisotopic (exact) mass is 595 g/mol. The molecule has 0 amide bonds. The molecular weight excluding hydrogens is 569 g/mol. The van der Waals surface area contributed by atoms with Crippen molar-refractivity contribution < 1.29 is 27.9 Å². The van der Waals surface area contributed by atoms with Gasteiger partial charge >= 0.3 is 7.12 Å². The highest BCUT2D eigenvalue weighted by molar-refractivity contribution is 9.10. The molecule has 2 aliphatic rings. The number of phenols is 1. The number of pyridine rings is 1. The smallest absolute Gasteiger partial charge is 0.456 e. The molecule has 38 heavy (non-hydrogen) atoms. The number of rotatable bonds is 8. The Morgan fingerprint density at radius 1 is 1.16 bits per heavy atom. The van der Waals surface area contributed by atoms with E-state index in [1.165, 1.54) is 0 Å². The van der Waals surface area contributed by atoms with Crippen LogP contribution >= 0.6 is 15.9 Å². The van der Waals surface area contributed by atoms with E-state index < -0.39 is 28.3 Å². The van der Waals surface area contributed by atoms with Gasteiger partial charge in [0.2, 0.25) is 0 Å². The lowest BCUT2D eigenvalue weighted by atomic mass is 9.74. The van der Waals surface area contributed by atoms with Crippen LogP contribution in [-0.4, -0.2) is 54.4 Å². The van der Waals surface area contributed by atoms with Gasteiger partial charge in [-0.05, 0) is 78.1 Å². The molecule has 7 nitrogen and oxygen atoms in total. The predicted molar refractivity (Wildman–Crippen MR) is 151 cm³/mol. The van der Waals surface area contributed by atoms with Crippen molar-refractivity contribution in [1.82, 2.24) is 4.98 Å². The molecule has 0 unspecified atom stereocenters. The fraction of sp³-hybridized carbons (Fsp3) is 0.250. The molecule has 1 saturated heterocycles. The lowest BCUT2D eigenvalue weighted by Gasteiger charge is -2.32. The number of sulfone groups is 1. The SMILES string of the molecule is O=S1(=O)CC(COc2ccccc2)=C2[C@@H](CC/C(=C/c3cc(Br)ccc3O)c3ccccn3)OB(O)C[C@@H]21. The fourth-order valence-electron chi connectivity index (χ4n) is 5.04. The average molecular weight is 596 g/mol. The standard InChI is InChI=1S/C28H27BBrNO6S/c30-22-10-11-25(32)20(15-22)14-19(24-8-4-5-13-31-24)9-12-26-28-21(17-36-23-6-2-1-3-7-23)18-38(34,35)27(28)16-29(33)37-26/h1-8,10-11,13-15,26-27,32-33H,9,12,16-18H2/b19-14-/t26-,27+/m1/s1. The van der Waals surface area contributed by atoms with Crippen molar-refractivity contribution in [2.45, 2.75) is 30.5 Å². The highest BCUT2D eigenvalue weighted by Gasteiger charge is 2.48. The van der Waals surface area contributed by atoms with Crippen molar-refractivity contribution in [1.29, 1.82) is 0 Å². The number of fused-ring (bicyclic) bond motifs is 1. The van der Waals surface area contributed by atoms with Gasteiger partial charge < -0.3 is 19.5 Å². The van der Waals surface area contributed by atoms with E-state index in [9.17, 15) is 18.5 Å². The summed E-state index contributed by atoms with van der Waals surface area (Å²) in [5, 5.41) is 20.1. The van der Waals surface area contributed by atoms with Crippen LogP contribution in [-0.2, 0) is 14.5 Å². The minimum atomic E-state index is -3.48. The number of nitrogens with zero attached hydrogens (tertiary/aromatic N) is 1. The van der Waals surface area contributed by atoms with Crippen molar-refractivity contribution in [2.24, 2.45) is 0 Å². The number of phenolic OH excluding ortho intramolecular Hbond substituents is 1. The van der Waals surface area contributed by atoms with Crippen LogP contribution in [0, 0.1) is 0 Å². The maximum Gasteiger partial charge on any atom is 0.456 e. The molecule has 196 valence electrons. The number of ether oxygens (including phenoxy) is 1. The second-order valence-corrected chi connectivity index (χ2v) is 12.5. The minimum Gasteiger partial charge on any atom is -0.507 e. The van der Waals surface area contributed by atoms with Crippen LogP contribution in [0.25, 0.3) is 11.6 Å². The molecule has 0 radical (unpaired) electrons. The molecule has 3 aromatic rings. The maximum absolute atomic E-state index is 13.1. The van der Waals surface area contributed by atoms with Crippen LogP contribution in [0.4, 0.5) is 0 Å². The number of para-hydroxylation sites is 1. The van der Waals surface area contributed by atoms with E-state index in [0.29, 0.717) is 35.3 Å². The third-order valence-electron chi connectivity index (χ3n) is 6.79. The topological polar surface area (TPSA) is 106 Å². The van der Waals surface area contributed by atoms with Gasteiger partial charge in [-0.25, -0.2) is 8.42 Å². The molecule has 10 heteroatoms. The Hall–Kier alpha value is -2.92. The highest BCUT2D eigenvalue weighted by atomic mass is 79.9. The van der Waals surface area contributed by atoms with Crippen molar-refractivity contribution in [3.8, 4) is 11.5 Å². The minimum absolute atomic E-state index is 0.0118. The van der Waals surface area contributed by atoms with Crippen molar-refractivity contribution in [3.63, 3.8) is 0 Å². The van der Waals surface area contributed by atoms with Crippen LogP contribution in [0.2, 0.25) is 6.32 Å². The molecule has 0 spiro atoms. The molecule has 3 heterocycles. The van der Waals surface area contributed by atoms with Gasteiger partial charge in [0.25, 0.3) is 0 Å². The molecule has 1 aromatic heterocycles. The molecule has 0 aliphatic carbocycles. The largest absolute Gasteiger partial charge is 0.507 e. The second kappa shape index (κ2) is 11.4. The van der Waals surface area contributed by atoms with Crippen LogP contribution < -0.4 is 4.74 Å². The van der Waals surface area contributed by atoms with Gasteiger partial charge in [0.15, 0.2) is 9.84 Å². The molecule has 1 fully saturated rings. The van der Waals surface area contributed by atoms with E-state index in [-0.39, 0.29) is 24.4 Å². The molecule has 5 rings (SSSR count). The summed E-state index contributed by atoms with van der Waals surface area (Å²) in [4.78, 5) is 4.49. The Morgan fingerprint density at radius 3 is 2.71 bits per heavy atom. The number of allylic oxidation sites excluding steroid dienone is 1. The highest BCUT2D eigenvalue weighted by Crippen LogP contribution is 2.40. The van der Waals surface area contributed by atoms with Crippen molar-refractivity contribution in [2.75, 3.05) is 12.4 Å². The van der Waals surface area contributed by atoms with Crippen LogP contribution in [0.5, 0.6) is 11.5 Å². The fourth-order valence-corrected chi connectivity index (χ4v) is 7.51. The predicted octanol–water partition coefficient (Wildman–Crippen LogP) is 4.92. The maximum atomic E-state index is 13.1. The van der Waals surface area contributed by atoms with Crippen molar-refractivity contribution in [3.05, 3.63) is 99.8 Å². The van der Waals surface area contributed by atoms with Crippen LogP contribution in [0.15, 0.2) is 88.5 Å². The van der Waals surface area contributed by atoms with E-state index in [2.05, 4.69) is 20.9 Å². The molecule has 0 saturated carbocycles. The second-order valence-electron chi connectivity index (χ2n) is 9.40. The number of benzene rings is 2. The summed E-state index contributed by atoms with van der Waals surface area (Å²) >= 11 is 3.45. The van der Waals surface area contributed by atoms with Gasteiger partial charge in [-0.15, -0.1) is 0 Å². The van der Waals surface area contributed by atoms with Crippen LogP contribution in [0.1, 0.15) is 24.1 Å². The zero-order chi connectivity index (χ0) is 26.7. The van der Waals surface area contributed by atoms with Gasteiger partial charge in [-0.2, -0.15) is 0 Å². The molecule has 0 bridgehead atoms. The molecule has 2 aromatic carbocycles. The first-order valence-corrected chi connectivity index (χ1v) is 14.9. The first-order chi connectivity index (χ1) is 18.3. The Bertz CT molecular complexity index is 1460. The number of hydrogen-bond acceptors (Lipinski definition) is 7. The molecule has 2 aliphatic heterocycles. The first-order valence-electron chi connectivity index (χ1n) is 12.4. The van der Waals surface area contributed by atoms with Gasteiger partial charge in [-0.3, -0.25) is 4.98 Å². The van der Waals surface area contributed by atoms with Gasteiger partial charge in [-0.1, -0.05) is 40.2 Å².